The highest BCUT2D eigenvalue weighted by atomic mass is 32.2. The van der Waals surface area contributed by atoms with Crippen LogP contribution in [0.15, 0.2) is 29.1 Å². The van der Waals surface area contributed by atoms with Crippen LogP contribution < -0.4 is 0 Å². The second-order valence-corrected chi connectivity index (χ2v) is 3.86. The van der Waals surface area contributed by atoms with Gasteiger partial charge in [-0.05, 0) is 12.5 Å². The first-order chi connectivity index (χ1) is 6.29. The van der Waals surface area contributed by atoms with Crippen LogP contribution in [-0.2, 0) is 4.79 Å². The van der Waals surface area contributed by atoms with Crippen LogP contribution in [0.1, 0.15) is 18.9 Å². The number of allylic oxidation sites excluding steroid dienone is 1. The molecule has 0 saturated heterocycles. The third-order valence-electron chi connectivity index (χ3n) is 1.44. The summed E-state index contributed by atoms with van der Waals surface area (Å²) in [4.78, 5) is 10.6. The molecule has 0 N–H and O–H groups in total. The zero-order valence-electron chi connectivity index (χ0n) is 7.53. The SMILES string of the molecule is CC(=O)SCCC=Cc1ccoc1. The highest BCUT2D eigenvalue weighted by molar-refractivity contribution is 8.13. The van der Waals surface area contributed by atoms with Gasteiger partial charge >= 0.3 is 0 Å². The first kappa shape index (κ1) is 10.1. The molecule has 0 atom stereocenters. The zero-order chi connectivity index (χ0) is 9.52. The van der Waals surface area contributed by atoms with Crippen LogP contribution >= 0.6 is 11.8 Å². The lowest BCUT2D eigenvalue weighted by molar-refractivity contribution is -0.109. The van der Waals surface area contributed by atoms with Gasteiger partial charge in [0.15, 0.2) is 5.12 Å². The van der Waals surface area contributed by atoms with Crippen molar-refractivity contribution in [2.45, 2.75) is 13.3 Å². The quantitative estimate of drug-likeness (QED) is 0.693. The molecule has 0 aliphatic rings. The Balaban J connectivity index is 2.16. The summed E-state index contributed by atoms with van der Waals surface area (Å²) >= 11 is 1.35. The van der Waals surface area contributed by atoms with Crippen LogP contribution in [0, 0.1) is 0 Å². The molecule has 13 heavy (non-hydrogen) atoms. The van der Waals surface area contributed by atoms with Gasteiger partial charge in [0.25, 0.3) is 0 Å². The predicted molar refractivity (Wildman–Crippen MR) is 55.5 cm³/mol. The summed E-state index contributed by atoms with van der Waals surface area (Å²) in [7, 11) is 0. The zero-order valence-corrected chi connectivity index (χ0v) is 8.34. The molecular weight excluding hydrogens is 184 g/mol. The molecule has 0 amide bonds. The van der Waals surface area contributed by atoms with Crippen LogP contribution in [0.3, 0.4) is 0 Å². The molecule has 1 aromatic heterocycles. The Hall–Kier alpha value is -0.960. The summed E-state index contributed by atoms with van der Waals surface area (Å²) in [5.41, 5.74) is 1.06. The lowest BCUT2D eigenvalue weighted by atomic mass is 10.3. The molecule has 3 heteroatoms. The Bertz CT molecular complexity index is 275. The molecule has 0 aromatic carbocycles. The normalized spacial score (nSPS) is 10.8. The minimum Gasteiger partial charge on any atom is -0.472 e. The number of rotatable bonds is 4. The van der Waals surface area contributed by atoms with E-state index in [0.717, 1.165) is 17.7 Å². The van der Waals surface area contributed by atoms with Crippen molar-refractivity contribution in [1.29, 1.82) is 0 Å². The lowest BCUT2D eigenvalue weighted by Gasteiger charge is -1.90. The maximum atomic E-state index is 10.6. The summed E-state index contributed by atoms with van der Waals surface area (Å²) in [5, 5.41) is 0.178. The first-order valence-corrected chi connectivity index (χ1v) is 5.09. The van der Waals surface area contributed by atoms with E-state index in [9.17, 15) is 4.79 Å². The predicted octanol–water partition coefficient (Wildman–Crippen LogP) is 2.96. The molecule has 0 unspecified atom stereocenters. The maximum Gasteiger partial charge on any atom is 0.185 e. The first-order valence-electron chi connectivity index (χ1n) is 4.11. The fraction of sp³-hybridized carbons (Fsp3) is 0.300. The van der Waals surface area contributed by atoms with E-state index in [4.69, 9.17) is 4.42 Å². The van der Waals surface area contributed by atoms with E-state index in [-0.39, 0.29) is 5.12 Å². The van der Waals surface area contributed by atoms with Crippen molar-refractivity contribution in [2.24, 2.45) is 0 Å². The van der Waals surface area contributed by atoms with E-state index in [2.05, 4.69) is 0 Å². The second kappa shape index (κ2) is 5.65. The Morgan fingerprint density at radius 3 is 3.15 bits per heavy atom. The van der Waals surface area contributed by atoms with Crippen molar-refractivity contribution in [3.8, 4) is 0 Å². The highest BCUT2D eigenvalue weighted by Crippen LogP contribution is 2.06. The molecule has 0 radical (unpaired) electrons. The molecule has 0 aliphatic heterocycles. The minimum absolute atomic E-state index is 0.178. The molecule has 0 saturated carbocycles. The van der Waals surface area contributed by atoms with Crippen molar-refractivity contribution < 1.29 is 9.21 Å². The van der Waals surface area contributed by atoms with Gasteiger partial charge in [-0.2, -0.15) is 0 Å². The van der Waals surface area contributed by atoms with Gasteiger partial charge in [0.05, 0.1) is 12.5 Å². The van der Waals surface area contributed by atoms with E-state index in [1.165, 1.54) is 11.8 Å². The monoisotopic (exact) mass is 196 g/mol. The summed E-state index contributed by atoms with van der Waals surface area (Å²) < 4.78 is 4.90. The number of carbonyl (C=O) groups excluding carboxylic acids is 1. The van der Waals surface area contributed by atoms with Gasteiger partial charge in [-0.1, -0.05) is 23.9 Å². The number of hydrogen-bond acceptors (Lipinski definition) is 3. The summed E-state index contributed by atoms with van der Waals surface area (Å²) in [6.45, 7) is 1.59. The number of carbonyl (C=O) groups is 1. The molecule has 1 heterocycles. The lowest BCUT2D eigenvalue weighted by Crippen LogP contribution is -1.83. The topological polar surface area (TPSA) is 30.2 Å². The van der Waals surface area contributed by atoms with Crippen LogP contribution in [0.5, 0.6) is 0 Å². The maximum absolute atomic E-state index is 10.6. The molecule has 0 fully saturated rings. The largest absolute Gasteiger partial charge is 0.472 e. The molecule has 0 spiro atoms. The molecule has 1 aromatic rings. The van der Waals surface area contributed by atoms with E-state index in [1.807, 2.05) is 18.2 Å². The van der Waals surface area contributed by atoms with Crippen molar-refractivity contribution in [3.63, 3.8) is 0 Å². The third-order valence-corrected chi connectivity index (χ3v) is 2.29. The fourth-order valence-electron chi connectivity index (χ4n) is 0.860. The Morgan fingerprint density at radius 1 is 1.69 bits per heavy atom. The van der Waals surface area contributed by atoms with Gasteiger partial charge in [-0.3, -0.25) is 4.79 Å². The minimum atomic E-state index is 0.178. The van der Waals surface area contributed by atoms with E-state index in [1.54, 1.807) is 19.5 Å². The molecule has 1 rings (SSSR count). The average Bonchev–Trinajstić information content (AvgIpc) is 2.55. The number of hydrogen-bond donors (Lipinski definition) is 0. The van der Waals surface area contributed by atoms with Gasteiger partial charge in [-0.25, -0.2) is 0 Å². The molecule has 0 bridgehead atoms. The molecule has 0 aliphatic carbocycles. The van der Waals surface area contributed by atoms with E-state index < -0.39 is 0 Å². The third kappa shape index (κ3) is 4.58. The van der Waals surface area contributed by atoms with Gasteiger partial charge in [0.1, 0.15) is 0 Å². The van der Waals surface area contributed by atoms with E-state index in [0.29, 0.717) is 0 Å². The summed E-state index contributed by atoms with van der Waals surface area (Å²) in [6.07, 6.45) is 8.28. The summed E-state index contributed by atoms with van der Waals surface area (Å²) in [5.74, 6) is 0.851. The number of thioether (sulfide) groups is 1. The Labute approximate surface area is 82.0 Å². The van der Waals surface area contributed by atoms with E-state index >= 15 is 0 Å². The van der Waals surface area contributed by atoms with Crippen LogP contribution in [0.25, 0.3) is 6.08 Å². The Kier molecular flexibility index (Phi) is 4.40. The van der Waals surface area contributed by atoms with Gasteiger partial charge in [0, 0.05) is 18.2 Å². The van der Waals surface area contributed by atoms with Gasteiger partial charge in [0.2, 0.25) is 0 Å². The van der Waals surface area contributed by atoms with Gasteiger partial charge in [-0.15, -0.1) is 0 Å². The smallest absolute Gasteiger partial charge is 0.185 e. The molecule has 70 valence electrons. The second-order valence-electron chi connectivity index (χ2n) is 2.59. The average molecular weight is 196 g/mol. The van der Waals surface area contributed by atoms with Crippen LogP contribution in [0.4, 0.5) is 0 Å². The van der Waals surface area contributed by atoms with Crippen molar-refractivity contribution in [2.75, 3.05) is 5.75 Å². The standard InChI is InChI=1S/C10H12O2S/c1-9(11)13-7-3-2-4-10-5-6-12-8-10/h2,4-6,8H,3,7H2,1H3. The number of furan rings is 1. The molecule has 2 nitrogen and oxygen atoms in total. The molecular formula is C10H12O2S. The fourth-order valence-corrected chi connectivity index (χ4v) is 1.40. The van der Waals surface area contributed by atoms with Crippen molar-refractivity contribution >= 4 is 23.0 Å². The van der Waals surface area contributed by atoms with Crippen molar-refractivity contribution in [1.82, 2.24) is 0 Å². The van der Waals surface area contributed by atoms with Gasteiger partial charge < -0.3 is 4.42 Å². The van der Waals surface area contributed by atoms with Crippen LogP contribution in [-0.4, -0.2) is 10.9 Å². The Morgan fingerprint density at radius 2 is 2.54 bits per heavy atom. The highest BCUT2D eigenvalue weighted by Gasteiger charge is 1.91. The summed E-state index contributed by atoms with van der Waals surface area (Å²) in [6, 6.07) is 1.90. The van der Waals surface area contributed by atoms with Crippen molar-refractivity contribution in [3.05, 3.63) is 30.2 Å². The van der Waals surface area contributed by atoms with Crippen LogP contribution in [0.2, 0.25) is 0 Å².